The maximum absolute atomic E-state index is 12.5. The molecular formula is C14H17BrN2O. The number of halogens is 1. The molecule has 4 heteroatoms. The second kappa shape index (κ2) is 5.00. The topological polar surface area (TPSA) is 33.2 Å². The molecule has 0 spiro atoms. The summed E-state index contributed by atoms with van der Waals surface area (Å²) >= 11 is 3.42. The summed E-state index contributed by atoms with van der Waals surface area (Å²) in [7, 11) is 0. The summed E-state index contributed by atoms with van der Waals surface area (Å²) in [6.45, 7) is 1.83. The van der Waals surface area contributed by atoms with E-state index in [-0.39, 0.29) is 5.91 Å². The highest BCUT2D eigenvalue weighted by atomic mass is 79.9. The van der Waals surface area contributed by atoms with Crippen LogP contribution in [0.1, 0.15) is 36.2 Å². The SMILES string of the molecule is O=C(c1ncccc1Br)N(CC1CC1)CC1CC1. The molecule has 1 aromatic heterocycles. The molecule has 0 radical (unpaired) electrons. The van der Waals surface area contributed by atoms with E-state index in [0.29, 0.717) is 5.69 Å². The molecule has 2 aliphatic carbocycles. The van der Waals surface area contributed by atoms with Gasteiger partial charge in [-0.05, 0) is 65.6 Å². The number of pyridine rings is 1. The Hall–Kier alpha value is -0.900. The fraction of sp³-hybridized carbons (Fsp3) is 0.571. The molecule has 1 amide bonds. The number of nitrogens with zero attached hydrogens (tertiary/aromatic N) is 2. The molecule has 0 N–H and O–H groups in total. The summed E-state index contributed by atoms with van der Waals surface area (Å²) in [4.78, 5) is 18.8. The van der Waals surface area contributed by atoms with Gasteiger partial charge in [-0.1, -0.05) is 0 Å². The number of carbonyl (C=O) groups is 1. The Morgan fingerprint density at radius 3 is 2.39 bits per heavy atom. The van der Waals surface area contributed by atoms with Crippen molar-refractivity contribution in [2.45, 2.75) is 25.7 Å². The normalized spacial score (nSPS) is 18.7. The highest BCUT2D eigenvalue weighted by molar-refractivity contribution is 9.10. The van der Waals surface area contributed by atoms with Gasteiger partial charge in [-0.2, -0.15) is 0 Å². The number of amides is 1. The van der Waals surface area contributed by atoms with Gasteiger partial charge in [0, 0.05) is 23.8 Å². The molecule has 3 rings (SSSR count). The van der Waals surface area contributed by atoms with Gasteiger partial charge in [-0.15, -0.1) is 0 Å². The van der Waals surface area contributed by atoms with Crippen molar-refractivity contribution < 1.29 is 4.79 Å². The van der Waals surface area contributed by atoms with Crippen molar-refractivity contribution in [2.24, 2.45) is 11.8 Å². The van der Waals surface area contributed by atoms with Gasteiger partial charge in [0.05, 0.1) is 0 Å². The van der Waals surface area contributed by atoms with Crippen LogP contribution in [0.2, 0.25) is 0 Å². The number of carbonyl (C=O) groups excluding carboxylic acids is 1. The Kier molecular flexibility index (Phi) is 3.37. The molecule has 3 nitrogen and oxygen atoms in total. The molecule has 1 aromatic rings. The third kappa shape index (κ3) is 2.91. The molecule has 0 aromatic carbocycles. The Morgan fingerprint density at radius 1 is 1.28 bits per heavy atom. The minimum absolute atomic E-state index is 0.0845. The fourth-order valence-corrected chi connectivity index (χ4v) is 2.58. The average Bonchev–Trinajstić information content (AvgIpc) is 3.23. The zero-order valence-corrected chi connectivity index (χ0v) is 11.9. The maximum Gasteiger partial charge on any atom is 0.273 e. The Labute approximate surface area is 116 Å². The minimum Gasteiger partial charge on any atom is -0.337 e. The van der Waals surface area contributed by atoms with Crippen molar-refractivity contribution in [3.63, 3.8) is 0 Å². The van der Waals surface area contributed by atoms with Gasteiger partial charge in [0.2, 0.25) is 0 Å². The van der Waals surface area contributed by atoms with Crippen LogP contribution in [-0.4, -0.2) is 28.9 Å². The Bertz CT molecular complexity index is 441. The van der Waals surface area contributed by atoms with Gasteiger partial charge in [0.15, 0.2) is 0 Å². The number of rotatable bonds is 5. The second-order valence-electron chi connectivity index (χ2n) is 5.43. The molecule has 2 saturated carbocycles. The first kappa shape index (κ1) is 12.2. The van der Waals surface area contributed by atoms with Crippen LogP contribution in [0.4, 0.5) is 0 Å². The van der Waals surface area contributed by atoms with Crippen LogP contribution in [0, 0.1) is 11.8 Å². The van der Waals surface area contributed by atoms with Crippen LogP contribution in [0.3, 0.4) is 0 Å². The van der Waals surface area contributed by atoms with E-state index in [1.54, 1.807) is 6.20 Å². The molecule has 0 bridgehead atoms. The summed E-state index contributed by atoms with van der Waals surface area (Å²) in [5.74, 6) is 1.55. The van der Waals surface area contributed by atoms with Gasteiger partial charge in [0.25, 0.3) is 5.91 Å². The fourth-order valence-electron chi connectivity index (χ4n) is 2.16. The molecule has 2 aliphatic rings. The average molecular weight is 309 g/mol. The molecule has 0 atom stereocenters. The molecule has 96 valence electrons. The van der Waals surface area contributed by atoms with E-state index in [1.807, 2.05) is 17.0 Å². The van der Waals surface area contributed by atoms with E-state index in [1.165, 1.54) is 25.7 Å². The van der Waals surface area contributed by atoms with Crippen molar-refractivity contribution >= 4 is 21.8 Å². The molecule has 2 fully saturated rings. The van der Waals surface area contributed by atoms with Crippen LogP contribution in [0.15, 0.2) is 22.8 Å². The number of hydrogen-bond donors (Lipinski definition) is 0. The monoisotopic (exact) mass is 308 g/mol. The van der Waals surface area contributed by atoms with Gasteiger partial charge in [0.1, 0.15) is 5.69 Å². The van der Waals surface area contributed by atoms with Crippen molar-refractivity contribution in [1.29, 1.82) is 0 Å². The van der Waals surface area contributed by atoms with Gasteiger partial charge in [-0.3, -0.25) is 4.79 Å². The van der Waals surface area contributed by atoms with Gasteiger partial charge >= 0.3 is 0 Å². The smallest absolute Gasteiger partial charge is 0.273 e. The summed E-state index contributed by atoms with van der Waals surface area (Å²) in [5.41, 5.74) is 0.554. The zero-order valence-electron chi connectivity index (χ0n) is 10.3. The third-order valence-corrected chi connectivity index (χ3v) is 4.24. The van der Waals surface area contributed by atoms with Crippen molar-refractivity contribution in [1.82, 2.24) is 9.88 Å². The van der Waals surface area contributed by atoms with Crippen LogP contribution in [-0.2, 0) is 0 Å². The molecule has 18 heavy (non-hydrogen) atoms. The van der Waals surface area contributed by atoms with Gasteiger partial charge in [-0.25, -0.2) is 4.98 Å². The van der Waals surface area contributed by atoms with Crippen LogP contribution >= 0.6 is 15.9 Å². The molecule has 0 unspecified atom stereocenters. The van der Waals surface area contributed by atoms with Gasteiger partial charge < -0.3 is 4.90 Å². The predicted octanol–water partition coefficient (Wildman–Crippen LogP) is 3.11. The molecule has 0 aliphatic heterocycles. The third-order valence-electron chi connectivity index (χ3n) is 3.60. The van der Waals surface area contributed by atoms with Crippen molar-refractivity contribution in [3.8, 4) is 0 Å². The first-order valence-corrected chi connectivity index (χ1v) is 7.43. The van der Waals surface area contributed by atoms with Crippen molar-refractivity contribution in [2.75, 3.05) is 13.1 Å². The van der Waals surface area contributed by atoms with E-state index in [2.05, 4.69) is 20.9 Å². The van der Waals surface area contributed by atoms with E-state index in [4.69, 9.17) is 0 Å². The predicted molar refractivity (Wildman–Crippen MR) is 73.3 cm³/mol. The highest BCUT2D eigenvalue weighted by Crippen LogP contribution is 2.34. The van der Waals surface area contributed by atoms with Crippen LogP contribution in [0.5, 0.6) is 0 Å². The lowest BCUT2D eigenvalue weighted by Gasteiger charge is -2.22. The lowest BCUT2D eigenvalue weighted by Crippen LogP contribution is -2.35. The standard InChI is InChI=1S/C14H17BrN2O/c15-12-2-1-7-16-13(12)14(18)17(8-10-3-4-10)9-11-5-6-11/h1-2,7,10-11H,3-6,8-9H2. The Balaban J connectivity index is 1.75. The summed E-state index contributed by atoms with van der Waals surface area (Å²) in [6.07, 6.45) is 6.79. The minimum atomic E-state index is 0.0845. The molecular weight excluding hydrogens is 292 g/mol. The maximum atomic E-state index is 12.5. The quantitative estimate of drug-likeness (QED) is 0.837. The Morgan fingerprint density at radius 2 is 1.89 bits per heavy atom. The van der Waals surface area contributed by atoms with E-state index >= 15 is 0 Å². The molecule has 1 heterocycles. The zero-order chi connectivity index (χ0) is 12.5. The number of hydrogen-bond acceptors (Lipinski definition) is 2. The molecule has 0 saturated heterocycles. The summed E-state index contributed by atoms with van der Waals surface area (Å²) in [6, 6.07) is 3.72. The van der Waals surface area contributed by atoms with Crippen molar-refractivity contribution in [3.05, 3.63) is 28.5 Å². The first-order chi connectivity index (χ1) is 8.74. The highest BCUT2D eigenvalue weighted by Gasteiger charge is 2.32. The lowest BCUT2D eigenvalue weighted by molar-refractivity contribution is 0.0732. The van der Waals surface area contributed by atoms with E-state index in [0.717, 1.165) is 29.4 Å². The second-order valence-corrected chi connectivity index (χ2v) is 6.29. The summed E-state index contributed by atoms with van der Waals surface area (Å²) in [5, 5.41) is 0. The van der Waals surface area contributed by atoms with Crippen LogP contribution < -0.4 is 0 Å². The largest absolute Gasteiger partial charge is 0.337 e. The van der Waals surface area contributed by atoms with E-state index in [9.17, 15) is 4.79 Å². The number of aromatic nitrogens is 1. The summed E-state index contributed by atoms with van der Waals surface area (Å²) < 4.78 is 0.798. The van der Waals surface area contributed by atoms with E-state index < -0.39 is 0 Å². The first-order valence-electron chi connectivity index (χ1n) is 6.64. The lowest BCUT2D eigenvalue weighted by atomic mass is 10.2. The van der Waals surface area contributed by atoms with Crippen LogP contribution in [0.25, 0.3) is 0 Å².